The summed E-state index contributed by atoms with van der Waals surface area (Å²) in [6.07, 6.45) is 1.42. The van der Waals surface area contributed by atoms with Crippen LogP contribution in [0, 0.1) is 11.8 Å². The molecular weight excluding hydrogens is 1100 g/mol. The number of imidazole rings is 2. The van der Waals surface area contributed by atoms with Crippen LogP contribution in [0.2, 0.25) is 0 Å². The monoisotopic (exact) mass is 1160 g/mol. The number of aromatic nitrogens is 8. The van der Waals surface area contributed by atoms with Crippen LogP contribution in [0.3, 0.4) is 0 Å². The first kappa shape index (κ1) is 57.1. The molecule has 2 aliphatic rings. The highest BCUT2D eigenvalue weighted by molar-refractivity contribution is 7.53. The Morgan fingerprint density at radius 2 is 0.953 bits per heavy atom. The Labute approximate surface area is 492 Å². The standard InChI is InChI=1S/C65H67N10O9P/c1-7-80-56-52(36-76)82-63(75-41-71-55-59(67-39-69-61(55)75)73-65(46-24-16-10-17-25-46,47-26-18-11-19-27-47)49-30-34-51(79-5)35-31-49)57(56)84-85(6,77)81-37-53-42(2)43(3)62(83-53)74-40-70-54-58(66-38-68-60(54)74)72-64(44-20-12-8-13-21-44,45-22-14-9-15-23-45)48-28-32-50(78-4)33-29-48/h8-35,38-43,52-53,56-57,62-63,76H,7,36-37H2,1-6H3,(H,66,68,72)(H,67,69,73)/t42?,43?,52-,53-,56?,57?,62-,63-,85?/m1/s1. The normalized spacial score (nSPS) is 21.4. The van der Waals surface area contributed by atoms with Crippen LogP contribution in [0.5, 0.6) is 11.5 Å². The lowest BCUT2D eigenvalue weighted by Gasteiger charge is -2.37. The third-order valence-electron chi connectivity index (χ3n) is 16.5. The van der Waals surface area contributed by atoms with E-state index in [9.17, 15) is 9.67 Å². The molecule has 6 heterocycles. The minimum absolute atomic E-state index is 0.0699. The van der Waals surface area contributed by atoms with Gasteiger partial charge >= 0.3 is 7.60 Å². The molecule has 436 valence electrons. The summed E-state index contributed by atoms with van der Waals surface area (Å²) in [4.78, 5) is 29.0. The fourth-order valence-corrected chi connectivity index (χ4v) is 13.2. The first-order valence-corrected chi connectivity index (χ1v) is 30.4. The van der Waals surface area contributed by atoms with Crippen LogP contribution in [-0.4, -0.2) is 109 Å². The van der Waals surface area contributed by atoms with E-state index in [1.54, 1.807) is 31.4 Å². The van der Waals surface area contributed by atoms with E-state index in [4.69, 9.17) is 62.6 Å². The van der Waals surface area contributed by atoms with Crippen LogP contribution in [0.1, 0.15) is 66.6 Å². The van der Waals surface area contributed by atoms with E-state index in [-0.39, 0.29) is 25.0 Å². The lowest BCUT2D eigenvalue weighted by molar-refractivity contribution is -0.0584. The summed E-state index contributed by atoms with van der Waals surface area (Å²) in [7, 11) is -0.680. The first-order valence-electron chi connectivity index (χ1n) is 28.4. The van der Waals surface area contributed by atoms with Crippen LogP contribution in [-0.2, 0) is 38.9 Å². The first-order chi connectivity index (χ1) is 41.5. The van der Waals surface area contributed by atoms with E-state index in [1.807, 2.05) is 121 Å². The van der Waals surface area contributed by atoms with Gasteiger partial charge in [0.25, 0.3) is 0 Å². The van der Waals surface area contributed by atoms with Crippen molar-refractivity contribution in [3.63, 3.8) is 0 Å². The fourth-order valence-electron chi connectivity index (χ4n) is 12.1. The molecule has 0 bridgehead atoms. The Bertz CT molecular complexity index is 3820. The van der Waals surface area contributed by atoms with Gasteiger partial charge in [-0.2, -0.15) is 0 Å². The van der Waals surface area contributed by atoms with E-state index in [0.717, 1.165) is 39.1 Å². The number of hydrogen-bond donors (Lipinski definition) is 3. The molecule has 85 heavy (non-hydrogen) atoms. The zero-order valence-corrected chi connectivity index (χ0v) is 48.8. The number of methoxy groups -OCH3 is 2. The molecule has 3 N–H and O–H groups in total. The van der Waals surface area contributed by atoms with Crippen molar-refractivity contribution in [2.24, 2.45) is 11.8 Å². The van der Waals surface area contributed by atoms with Crippen molar-refractivity contribution in [2.45, 2.75) is 68.7 Å². The van der Waals surface area contributed by atoms with Gasteiger partial charge in [-0.1, -0.05) is 159 Å². The molecule has 0 saturated carbocycles. The predicted octanol–water partition coefficient (Wildman–Crippen LogP) is 11.2. The molecule has 2 saturated heterocycles. The summed E-state index contributed by atoms with van der Waals surface area (Å²) in [6, 6.07) is 56.7. The number of hydrogen-bond acceptors (Lipinski definition) is 17. The zero-order valence-electron chi connectivity index (χ0n) is 48.0. The SMILES string of the molecule is CCOC1C(OP(C)(=O)OC[C@H]2O[C@@H](n3cnc4c(NC(c5ccccc5)(c5ccccc5)c5ccc(OC)cc5)ncnc43)C(C)C2C)[C@H](n2cnc3c(NC(c4ccccc4)(c4ccccc4)c4ccc(OC)cc4)ncnc32)O[C@@H]1CO. The Morgan fingerprint density at radius 1 is 0.541 bits per heavy atom. The van der Waals surface area contributed by atoms with Gasteiger partial charge in [0, 0.05) is 19.2 Å². The smallest absolute Gasteiger partial charge is 0.328 e. The van der Waals surface area contributed by atoms with Crippen LogP contribution in [0.25, 0.3) is 22.3 Å². The number of nitrogens with one attached hydrogen (secondary N) is 2. The van der Waals surface area contributed by atoms with Gasteiger partial charge in [0.1, 0.15) is 59.8 Å². The number of rotatable bonds is 22. The van der Waals surface area contributed by atoms with Crippen LogP contribution in [0.4, 0.5) is 11.6 Å². The summed E-state index contributed by atoms with van der Waals surface area (Å²) >= 11 is 0. The summed E-state index contributed by atoms with van der Waals surface area (Å²) in [5.41, 5.74) is 5.75. The molecular formula is C65H67N10O9P. The number of fused-ring (bicyclic) bond motifs is 2. The summed E-state index contributed by atoms with van der Waals surface area (Å²) in [5, 5.41) is 18.5. The topological polar surface area (TPSA) is 213 Å². The fraction of sp³-hybridized carbons (Fsp3) is 0.292. The van der Waals surface area contributed by atoms with Gasteiger partial charge < -0.3 is 43.9 Å². The van der Waals surface area contributed by atoms with E-state index in [1.165, 1.54) is 19.3 Å². The molecule has 4 aromatic heterocycles. The third kappa shape index (κ3) is 10.7. The second-order valence-electron chi connectivity index (χ2n) is 21.4. The number of aliphatic hydroxyl groups excluding tert-OH is 1. The highest BCUT2D eigenvalue weighted by Crippen LogP contribution is 2.52. The number of ether oxygens (including phenoxy) is 5. The zero-order chi connectivity index (χ0) is 58.7. The van der Waals surface area contributed by atoms with Crippen LogP contribution < -0.4 is 20.1 Å². The molecule has 0 radical (unpaired) electrons. The van der Waals surface area contributed by atoms with Crippen LogP contribution >= 0.6 is 7.60 Å². The molecule has 0 spiro atoms. The highest BCUT2D eigenvalue weighted by atomic mass is 31.2. The van der Waals surface area contributed by atoms with E-state index >= 15 is 0 Å². The maximum atomic E-state index is 14.9. The van der Waals surface area contributed by atoms with E-state index in [2.05, 4.69) is 85.1 Å². The van der Waals surface area contributed by atoms with Crippen molar-refractivity contribution >= 4 is 41.6 Å². The van der Waals surface area contributed by atoms with E-state index < -0.39 is 62.2 Å². The quantitative estimate of drug-likeness (QED) is 0.0425. The minimum Gasteiger partial charge on any atom is -0.497 e. The second kappa shape index (κ2) is 24.3. The number of aliphatic hydroxyl groups is 1. The van der Waals surface area contributed by atoms with Crippen molar-refractivity contribution in [3.05, 3.63) is 229 Å². The average Bonchev–Trinajstić information content (AvgIpc) is 2.35. The second-order valence-corrected chi connectivity index (χ2v) is 23.4. The highest BCUT2D eigenvalue weighted by Gasteiger charge is 2.51. The molecule has 0 amide bonds. The molecule has 2 fully saturated rings. The lowest BCUT2D eigenvalue weighted by atomic mass is 9.77. The molecule has 10 aromatic rings. The Morgan fingerprint density at radius 3 is 1.36 bits per heavy atom. The molecule has 19 nitrogen and oxygen atoms in total. The van der Waals surface area contributed by atoms with Crippen molar-refractivity contribution in [2.75, 3.05) is 51.3 Å². The van der Waals surface area contributed by atoms with Gasteiger partial charge in [-0.05, 0) is 70.5 Å². The van der Waals surface area contributed by atoms with Gasteiger partial charge in [0.15, 0.2) is 40.2 Å². The largest absolute Gasteiger partial charge is 0.497 e. The van der Waals surface area contributed by atoms with Gasteiger partial charge in [0.05, 0.1) is 46.2 Å². The van der Waals surface area contributed by atoms with Crippen molar-refractivity contribution in [1.82, 2.24) is 39.0 Å². The van der Waals surface area contributed by atoms with Crippen molar-refractivity contribution in [3.8, 4) is 11.5 Å². The van der Waals surface area contributed by atoms with Gasteiger partial charge in [0.2, 0.25) is 0 Å². The predicted molar refractivity (Wildman–Crippen MR) is 322 cm³/mol. The number of anilines is 2. The number of benzene rings is 6. The molecule has 5 unspecified atom stereocenters. The third-order valence-corrected chi connectivity index (χ3v) is 17.8. The molecule has 12 rings (SSSR count). The lowest BCUT2D eigenvalue weighted by Crippen LogP contribution is -2.38. The number of nitrogens with zero attached hydrogens (tertiary/aromatic N) is 8. The Hall–Kier alpha value is -8.39. The molecule has 20 heteroatoms. The molecule has 9 atom stereocenters. The summed E-state index contributed by atoms with van der Waals surface area (Å²) in [5.74, 6) is 2.24. The maximum Gasteiger partial charge on any atom is 0.328 e. The Kier molecular flexibility index (Phi) is 16.3. The van der Waals surface area contributed by atoms with Gasteiger partial charge in [-0.25, -0.2) is 29.9 Å². The summed E-state index contributed by atoms with van der Waals surface area (Å²) < 4.78 is 62.2. The summed E-state index contributed by atoms with van der Waals surface area (Å²) in [6.45, 7) is 7.21. The van der Waals surface area contributed by atoms with Crippen molar-refractivity contribution < 1.29 is 42.4 Å². The van der Waals surface area contributed by atoms with Crippen molar-refractivity contribution in [1.29, 1.82) is 0 Å². The minimum atomic E-state index is -3.97. The average molecular weight is 1160 g/mol. The maximum absolute atomic E-state index is 14.9. The molecule has 0 aliphatic carbocycles. The van der Waals surface area contributed by atoms with Gasteiger partial charge in [-0.3, -0.25) is 18.2 Å². The van der Waals surface area contributed by atoms with E-state index in [0.29, 0.717) is 39.7 Å². The van der Waals surface area contributed by atoms with Gasteiger partial charge in [-0.15, -0.1) is 0 Å². The molecule has 2 aliphatic heterocycles. The van der Waals surface area contributed by atoms with Crippen LogP contribution in [0.15, 0.2) is 195 Å². The molecule has 6 aromatic carbocycles. The Balaban J connectivity index is 0.811.